The largest absolute Gasteiger partial charge is 0.492 e. The monoisotopic (exact) mass is 454 g/mol. The van der Waals surface area contributed by atoms with Crippen LogP contribution in [0.2, 0.25) is 5.02 Å². The van der Waals surface area contributed by atoms with E-state index in [0.717, 1.165) is 6.07 Å². The van der Waals surface area contributed by atoms with Crippen molar-refractivity contribution in [1.82, 2.24) is 20.5 Å². The van der Waals surface area contributed by atoms with E-state index in [0.29, 0.717) is 24.5 Å². The summed E-state index contributed by atoms with van der Waals surface area (Å²) in [5.74, 6) is 0.565. The molecule has 9 nitrogen and oxygen atoms in total. The number of rotatable bonds is 9. The van der Waals surface area contributed by atoms with E-state index in [2.05, 4.69) is 36.5 Å². The van der Waals surface area contributed by atoms with Crippen molar-refractivity contribution in [1.29, 1.82) is 5.53 Å². The fraction of sp³-hybridized carbons (Fsp3) is 0.222. The van der Waals surface area contributed by atoms with Crippen molar-refractivity contribution in [3.05, 3.63) is 47.0 Å². The fourth-order valence-corrected chi connectivity index (χ4v) is 3.06. The summed E-state index contributed by atoms with van der Waals surface area (Å²) in [5.41, 5.74) is 8.20. The molecule has 0 aliphatic rings. The van der Waals surface area contributed by atoms with Gasteiger partial charge in [0.2, 0.25) is 11.9 Å². The van der Waals surface area contributed by atoms with Gasteiger partial charge in [-0.25, -0.2) is 10.5 Å². The molecule has 0 saturated carbocycles. The van der Waals surface area contributed by atoms with Gasteiger partial charge in [0.25, 0.3) is 0 Å². The highest BCUT2D eigenvalue weighted by atomic mass is 35.5. The molecule has 0 unspecified atom stereocenters. The summed E-state index contributed by atoms with van der Waals surface area (Å²) in [6.07, 6.45) is -4.66. The van der Waals surface area contributed by atoms with Crippen LogP contribution in [0, 0.1) is 5.53 Å². The molecule has 2 aromatic carbocycles. The van der Waals surface area contributed by atoms with Crippen molar-refractivity contribution in [3.63, 3.8) is 0 Å². The van der Waals surface area contributed by atoms with Crippen LogP contribution in [0.1, 0.15) is 5.56 Å². The Balaban J connectivity index is 1.92. The Morgan fingerprint density at radius 1 is 1.23 bits per heavy atom. The molecule has 0 amide bonds. The van der Waals surface area contributed by atoms with Crippen molar-refractivity contribution >= 4 is 29.2 Å². The third-order valence-electron chi connectivity index (χ3n) is 4.06. The van der Waals surface area contributed by atoms with E-state index in [-0.39, 0.29) is 28.2 Å². The molecule has 0 saturated heterocycles. The number of hydrogen-bond donors (Lipinski definition) is 5. The van der Waals surface area contributed by atoms with Crippen LogP contribution in [0.3, 0.4) is 0 Å². The minimum absolute atomic E-state index is 0.0221. The number of likely N-dealkylation sites (N-methyl/N-ethyl adjacent to an activating group) is 1. The zero-order valence-electron chi connectivity index (χ0n) is 16.1. The third kappa shape index (κ3) is 5.61. The van der Waals surface area contributed by atoms with Crippen molar-refractivity contribution in [2.24, 2.45) is 5.22 Å². The number of hydrogen-bond acceptors (Lipinski definition) is 7. The Morgan fingerprint density at radius 2 is 1.97 bits per heavy atom. The molecular weight excluding hydrogens is 437 g/mol. The average molecular weight is 455 g/mol. The second-order valence-corrected chi connectivity index (χ2v) is 6.62. The highest BCUT2D eigenvalue weighted by Crippen LogP contribution is 2.43. The van der Waals surface area contributed by atoms with Crippen LogP contribution < -0.4 is 20.8 Å². The van der Waals surface area contributed by atoms with Crippen molar-refractivity contribution in [2.45, 2.75) is 6.18 Å². The van der Waals surface area contributed by atoms with E-state index in [1.807, 2.05) is 0 Å². The molecule has 3 aromatic rings. The van der Waals surface area contributed by atoms with Crippen molar-refractivity contribution in [2.75, 3.05) is 30.9 Å². The van der Waals surface area contributed by atoms with E-state index >= 15 is 0 Å². The van der Waals surface area contributed by atoms with Gasteiger partial charge in [0.15, 0.2) is 0 Å². The van der Waals surface area contributed by atoms with E-state index in [1.165, 1.54) is 18.2 Å². The molecule has 0 atom stereocenters. The van der Waals surface area contributed by atoms with Crippen molar-refractivity contribution in [3.8, 4) is 16.9 Å². The highest BCUT2D eigenvalue weighted by molar-refractivity contribution is 6.34. The number of nitrogens with zero attached hydrogens (tertiary/aromatic N) is 3. The lowest BCUT2D eigenvalue weighted by molar-refractivity contribution is -0.137. The van der Waals surface area contributed by atoms with Crippen LogP contribution in [0.5, 0.6) is 5.75 Å². The van der Waals surface area contributed by atoms with Gasteiger partial charge in [0.1, 0.15) is 12.4 Å². The Hall–Kier alpha value is -3.38. The number of aromatic nitrogens is 3. The van der Waals surface area contributed by atoms with Gasteiger partial charge >= 0.3 is 6.18 Å². The van der Waals surface area contributed by atoms with Gasteiger partial charge in [-0.05, 0) is 36.9 Å². The number of H-pyrrole nitrogens is 1. The zero-order chi connectivity index (χ0) is 22.4. The Bertz CT molecular complexity index is 1040. The molecule has 0 spiro atoms. The van der Waals surface area contributed by atoms with Crippen LogP contribution >= 0.6 is 11.6 Å². The standard InChI is InChI=1S/C18H18ClF3N8O/c1-24-6-7-31-12-4-2-10(3-5-12)15-13(18(20,21)22)8-11(9-14(15)19)25-16-26-17(28-27-16)29-30-23/h2-5,8-9,24H,6-7H2,1H3,(H4,23,25,26,27,28,29). The minimum atomic E-state index is -4.66. The quantitative estimate of drug-likeness (QED) is 0.179. The number of ether oxygens (including phenoxy) is 1. The van der Waals surface area contributed by atoms with Crippen LogP contribution in [-0.4, -0.2) is 35.4 Å². The topological polar surface area (TPSA) is 123 Å². The maximum Gasteiger partial charge on any atom is 0.417 e. The van der Waals surface area contributed by atoms with Crippen LogP contribution in [0.4, 0.5) is 30.8 Å². The molecule has 164 valence electrons. The van der Waals surface area contributed by atoms with Gasteiger partial charge in [-0.2, -0.15) is 23.7 Å². The molecule has 0 bridgehead atoms. The normalized spacial score (nSPS) is 11.3. The lowest BCUT2D eigenvalue weighted by Crippen LogP contribution is -2.15. The SMILES string of the molecule is CNCCOc1ccc(-c2c(Cl)cc(Nc3n[nH]c(NN=N)n3)cc2C(F)(F)F)cc1. The Labute approximate surface area is 179 Å². The number of benzene rings is 2. The molecule has 13 heteroatoms. The van der Waals surface area contributed by atoms with E-state index in [9.17, 15) is 13.2 Å². The first-order valence-corrected chi connectivity index (χ1v) is 9.30. The van der Waals surface area contributed by atoms with Gasteiger partial charge in [0.05, 0.1) is 10.6 Å². The van der Waals surface area contributed by atoms with E-state index < -0.39 is 11.7 Å². The zero-order valence-corrected chi connectivity index (χ0v) is 16.9. The molecule has 31 heavy (non-hydrogen) atoms. The first kappa shape index (κ1) is 22.3. The summed E-state index contributed by atoms with van der Waals surface area (Å²) in [5, 5.41) is 14.6. The summed E-state index contributed by atoms with van der Waals surface area (Å²) in [6.45, 7) is 1.07. The number of alkyl halides is 3. The van der Waals surface area contributed by atoms with Gasteiger partial charge in [-0.1, -0.05) is 29.0 Å². The molecule has 5 N–H and O–H groups in total. The lowest BCUT2D eigenvalue weighted by atomic mass is 9.98. The maximum atomic E-state index is 13.8. The first-order valence-electron chi connectivity index (χ1n) is 8.92. The number of nitrogens with one attached hydrogen (secondary N) is 5. The molecule has 0 aliphatic carbocycles. The van der Waals surface area contributed by atoms with Crippen molar-refractivity contribution < 1.29 is 17.9 Å². The third-order valence-corrected chi connectivity index (χ3v) is 4.36. The Kier molecular flexibility index (Phi) is 6.92. The second-order valence-electron chi connectivity index (χ2n) is 6.21. The van der Waals surface area contributed by atoms with Crippen LogP contribution in [-0.2, 0) is 6.18 Å². The van der Waals surface area contributed by atoms with E-state index in [4.69, 9.17) is 21.9 Å². The molecule has 0 aliphatic heterocycles. The summed E-state index contributed by atoms with van der Waals surface area (Å²) in [6, 6.07) is 8.50. The number of anilines is 3. The number of halogens is 4. The van der Waals surface area contributed by atoms with Gasteiger partial charge in [-0.15, -0.1) is 5.10 Å². The molecule has 0 radical (unpaired) electrons. The summed E-state index contributed by atoms with van der Waals surface area (Å²) in [7, 11) is 1.79. The van der Waals surface area contributed by atoms with Crippen LogP contribution in [0.25, 0.3) is 11.1 Å². The first-order chi connectivity index (χ1) is 14.8. The second kappa shape index (κ2) is 9.62. The van der Waals surface area contributed by atoms with Crippen LogP contribution in [0.15, 0.2) is 41.6 Å². The Morgan fingerprint density at radius 3 is 2.61 bits per heavy atom. The van der Waals surface area contributed by atoms with Gasteiger partial charge in [0, 0.05) is 17.8 Å². The summed E-state index contributed by atoms with van der Waals surface area (Å²) in [4.78, 5) is 3.89. The minimum Gasteiger partial charge on any atom is -0.492 e. The van der Waals surface area contributed by atoms with Gasteiger partial charge in [-0.3, -0.25) is 0 Å². The van der Waals surface area contributed by atoms with E-state index in [1.54, 1.807) is 19.2 Å². The average Bonchev–Trinajstić information content (AvgIpc) is 3.15. The molecular formula is C18H18ClF3N8O. The fourth-order valence-electron chi connectivity index (χ4n) is 2.73. The number of aromatic amines is 1. The van der Waals surface area contributed by atoms with Gasteiger partial charge < -0.3 is 15.4 Å². The molecule has 1 aromatic heterocycles. The predicted octanol–water partition coefficient (Wildman–Crippen LogP) is 4.84. The molecule has 3 rings (SSSR count). The summed E-state index contributed by atoms with van der Waals surface area (Å²) >= 11 is 6.26. The predicted molar refractivity (Wildman–Crippen MR) is 110 cm³/mol. The molecule has 0 fully saturated rings. The summed E-state index contributed by atoms with van der Waals surface area (Å²) < 4.78 is 47.0. The lowest BCUT2D eigenvalue weighted by Gasteiger charge is -2.17. The highest BCUT2D eigenvalue weighted by Gasteiger charge is 2.35. The maximum absolute atomic E-state index is 13.8. The molecule has 1 heterocycles. The smallest absolute Gasteiger partial charge is 0.417 e.